The number of benzene rings is 1. The fraction of sp³-hybridized carbons (Fsp3) is 0.500. The Morgan fingerprint density at radius 2 is 2.19 bits per heavy atom. The zero-order valence-electron chi connectivity index (χ0n) is 9.14. The Morgan fingerprint density at radius 3 is 2.81 bits per heavy atom. The molecule has 1 aliphatic heterocycles. The highest BCUT2D eigenvalue weighted by atomic mass is 127. The van der Waals surface area contributed by atoms with Gasteiger partial charge in [-0.1, -0.05) is 18.2 Å². The van der Waals surface area contributed by atoms with E-state index in [4.69, 9.17) is 0 Å². The molecule has 1 aromatic carbocycles. The lowest BCUT2D eigenvalue weighted by molar-refractivity contribution is 0.0115. The molecular weight excluding hydrogens is 323 g/mol. The normalized spacial score (nSPS) is 20.2. The van der Waals surface area contributed by atoms with Crippen LogP contribution in [-0.4, -0.2) is 23.9 Å². The lowest BCUT2D eigenvalue weighted by Gasteiger charge is -2.17. The van der Waals surface area contributed by atoms with Gasteiger partial charge >= 0.3 is 0 Å². The lowest BCUT2D eigenvalue weighted by atomic mass is 10.1. The van der Waals surface area contributed by atoms with Gasteiger partial charge in [-0.2, -0.15) is 0 Å². The second-order valence-electron chi connectivity index (χ2n) is 4.36. The second kappa shape index (κ2) is 4.56. The van der Waals surface area contributed by atoms with Gasteiger partial charge in [0.25, 0.3) is 5.92 Å². The predicted octanol–water partition coefficient (Wildman–Crippen LogP) is 3.44. The van der Waals surface area contributed by atoms with Crippen LogP contribution in [0.5, 0.6) is 0 Å². The third-order valence-corrected chi connectivity index (χ3v) is 4.46. The van der Waals surface area contributed by atoms with Crippen LogP contribution < -0.4 is 0 Å². The van der Waals surface area contributed by atoms with Crippen molar-refractivity contribution in [2.45, 2.75) is 25.8 Å². The van der Waals surface area contributed by atoms with Crippen molar-refractivity contribution >= 4 is 22.6 Å². The first-order valence-electron chi connectivity index (χ1n) is 5.32. The highest BCUT2D eigenvalue weighted by Crippen LogP contribution is 2.28. The Hall–Kier alpha value is -0.230. The van der Waals surface area contributed by atoms with Gasteiger partial charge in [0.2, 0.25) is 0 Å². The fourth-order valence-electron chi connectivity index (χ4n) is 2.01. The number of likely N-dealkylation sites (tertiary alicyclic amines) is 1. The summed E-state index contributed by atoms with van der Waals surface area (Å²) in [7, 11) is 0. The van der Waals surface area contributed by atoms with Crippen molar-refractivity contribution in [1.29, 1.82) is 0 Å². The van der Waals surface area contributed by atoms with E-state index in [0.29, 0.717) is 13.1 Å². The number of hydrogen-bond donors (Lipinski definition) is 0. The quantitative estimate of drug-likeness (QED) is 0.748. The number of halogens is 3. The summed E-state index contributed by atoms with van der Waals surface area (Å²) in [6, 6.07) is 6.05. The largest absolute Gasteiger partial charge is 0.293 e. The molecule has 1 nitrogen and oxygen atoms in total. The summed E-state index contributed by atoms with van der Waals surface area (Å²) in [5, 5.41) is 0. The van der Waals surface area contributed by atoms with Gasteiger partial charge in [0, 0.05) is 23.1 Å². The van der Waals surface area contributed by atoms with Gasteiger partial charge < -0.3 is 0 Å². The maximum absolute atomic E-state index is 13.0. The van der Waals surface area contributed by atoms with Crippen LogP contribution in [0.25, 0.3) is 0 Å². The molecule has 1 saturated heterocycles. The minimum atomic E-state index is -2.49. The molecule has 2 rings (SSSR count). The summed E-state index contributed by atoms with van der Waals surface area (Å²) in [5.74, 6) is -2.49. The van der Waals surface area contributed by atoms with Crippen LogP contribution in [0, 0.1) is 10.5 Å². The van der Waals surface area contributed by atoms with Crippen molar-refractivity contribution in [1.82, 2.24) is 4.90 Å². The molecule has 0 spiro atoms. The van der Waals surface area contributed by atoms with E-state index in [1.165, 1.54) is 9.13 Å². The van der Waals surface area contributed by atoms with Gasteiger partial charge in [0.05, 0.1) is 6.54 Å². The fourth-order valence-corrected chi connectivity index (χ4v) is 2.54. The van der Waals surface area contributed by atoms with Crippen LogP contribution >= 0.6 is 22.6 Å². The Balaban J connectivity index is 2.08. The Morgan fingerprint density at radius 1 is 1.44 bits per heavy atom. The zero-order chi connectivity index (χ0) is 11.8. The molecule has 0 N–H and O–H groups in total. The molecular formula is C12H14F2IN. The second-order valence-corrected chi connectivity index (χ2v) is 5.44. The van der Waals surface area contributed by atoms with Gasteiger partial charge in [0.15, 0.2) is 0 Å². The molecule has 0 radical (unpaired) electrons. The first-order chi connectivity index (χ1) is 7.48. The molecule has 1 heterocycles. The number of alkyl halides is 2. The number of nitrogens with zero attached hydrogens (tertiary/aromatic N) is 1. The summed E-state index contributed by atoms with van der Waals surface area (Å²) in [5.41, 5.74) is 2.36. The van der Waals surface area contributed by atoms with Crippen LogP contribution in [0.4, 0.5) is 8.78 Å². The van der Waals surface area contributed by atoms with E-state index >= 15 is 0 Å². The van der Waals surface area contributed by atoms with Crippen molar-refractivity contribution in [3.63, 3.8) is 0 Å². The van der Waals surface area contributed by atoms with Gasteiger partial charge in [-0.3, -0.25) is 4.90 Å². The van der Waals surface area contributed by atoms with E-state index < -0.39 is 5.92 Å². The number of hydrogen-bond acceptors (Lipinski definition) is 1. The van der Waals surface area contributed by atoms with Crippen LogP contribution in [0.3, 0.4) is 0 Å². The van der Waals surface area contributed by atoms with Crippen molar-refractivity contribution in [3.8, 4) is 0 Å². The summed E-state index contributed by atoms with van der Waals surface area (Å²) in [6.45, 7) is 3.08. The first-order valence-corrected chi connectivity index (χ1v) is 6.40. The van der Waals surface area contributed by atoms with Crippen LogP contribution in [-0.2, 0) is 6.54 Å². The molecule has 1 aromatic rings. The van der Waals surface area contributed by atoms with Gasteiger partial charge in [-0.25, -0.2) is 8.78 Å². The van der Waals surface area contributed by atoms with Crippen molar-refractivity contribution < 1.29 is 8.78 Å². The van der Waals surface area contributed by atoms with E-state index in [2.05, 4.69) is 22.6 Å². The van der Waals surface area contributed by atoms with Crippen molar-refractivity contribution in [3.05, 3.63) is 32.9 Å². The van der Waals surface area contributed by atoms with E-state index in [-0.39, 0.29) is 13.0 Å². The van der Waals surface area contributed by atoms with E-state index in [0.717, 1.165) is 5.56 Å². The summed E-state index contributed by atoms with van der Waals surface area (Å²) >= 11 is 2.29. The van der Waals surface area contributed by atoms with Gasteiger partial charge in [-0.15, -0.1) is 0 Å². The number of aryl methyl sites for hydroxylation is 1. The predicted molar refractivity (Wildman–Crippen MR) is 68.7 cm³/mol. The molecule has 0 aromatic heterocycles. The molecule has 1 fully saturated rings. The van der Waals surface area contributed by atoms with E-state index in [1.807, 2.05) is 30.0 Å². The minimum Gasteiger partial charge on any atom is -0.293 e. The average Bonchev–Trinajstić information content (AvgIpc) is 2.53. The molecule has 4 heteroatoms. The first kappa shape index (κ1) is 12.2. The summed E-state index contributed by atoms with van der Waals surface area (Å²) < 4.78 is 27.3. The average molecular weight is 337 g/mol. The standard InChI is InChI=1S/C12H14F2IN/c1-9-3-2-4-10(11(9)15)7-16-6-5-12(13,14)8-16/h2-4H,5-8H2,1H3. The third-order valence-electron chi connectivity index (χ3n) is 2.91. The molecule has 0 aliphatic carbocycles. The molecule has 0 amide bonds. The molecule has 0 bridgehead atoms. The Kier molecular flexibility index (Phi) is 3.49. The molecule has 1 aliphatic rings. The zero-order valence-corrected chi connectivity index (χ0v) is 11.3. The van der Waals surface area contributed by atoms with E-state index in [9.17, 15) is 8.78 Å². The third kappa shape index (κ3) is 2.71. The highest BCUT2D eigenvalue weighted by molar-refractivity contribution is 14.1. The van der Waals surface area contributed by atoms with Crippen molar-refractivity contribution in [2.24, 2.45) is 0 Å². The maximum Gasteiger partial charge on any atom is 0.261 e. The molecule has 0 unspecified atom stereocenters. The molecule has 0 atom stereocenters. The van der Waals surface area contributed by atoms with Crippen LogP contribution in [0.1, 0.15) is 17.5 Å². The molecule has 0 saturated carbocycles. The lowest BCUT2D eigenvalue weighted by Crippen LogP contribution is -2.25. The molecule has 16 heavy (non-hydrogen) atoms. The van der Waals surface area contributed by atoms with Gasteiger partial charge in [-0.05, 0) is 40.6 Å². The smallest absolute Gasteiger partial charge is 0.261 e. The topological polar surface area (TPSA) is 3.24 Å². The van der Waals surface area contributed by atoms with Crippen molar-refractivity contribution in [2.75, 3.05) is 13.1 Å². The van der Waals surface area contributed by atoms with Crippen LogP contribution in [0.2, 0.25) is 0 Å². The monoisotopic (exact) mass is 337 g/mol. The summed E-state index contributed by atoms with van der Waals surface area (Å²) in [6.07, 6.45) is -0.00457. The summed E-state index contributed by atoms with van der Waals surface area (Å²) in [4.78, 5) is 1.83. The minimum absolute atomic E-state index is 0.00457. The van der Waals surface area contributed by atoms with Gasteiger partial charge in [0.1, 0.15) is 0 Å². The Labute approximate surface area is 108 Å². The highest BCUT2D eigenvalue weighted by Gasteiger charge is 2.37. The van der Waals surface area contributed by atoms with E-state index in [1.54, 1.807) is 0 Å². The molecule has 88 valence electrons. The maximum atomic E-state index is 13.0. The number of rotatable bonds is 2. The SMILES string of the molecule is Cc1cccc(CN2CCC(F)(F)C2)c1I. The van der Waals surface area contributed by atoms with Crippen LogP contribution in [0.15, 0.2) is 18.2 Å². The Bertz CT molecular complexity index is 393.